The summed E-state index contributed by atoms with van der Waals surface area (Å²) in [5.41, 5.74) is 2.12. The van der Waals surface area contributed by atoms with E-state index in [1.54, 1.807) is 36.5 Å². The van der Waals surface area contributed by atoms with Crippen LogP contribution in [0.25, 0.3) is 22.7 Å². The summed E-state index contributed by atoms with van der Waals surface area (Å²) in [5, 5.41) is 9.69. The normalized spacial score (nSPS) is 22.5. The van der Waals surface area contributed by atoms with Crippen LogP contribution in [0.3, 0.4) is 0 Å². The summed E-state index contributed by atoms with van der Waals surface area (Å²) in [6.45, 7) is 0.181. The first-order valence-electron chi connectivity index (χ1n) is 8.26. The smallest absolute Gasteiger partial charge is 0.332 e. The first kappa shape index (κ1) is 15.0. The lowest BCUT2D eigenvalue weighted by Crippen LogP contribution is -2.34. The van der Waals surface area contributed by atoms with Crippen molar-refractivity contribution in [3.63, 3.8) is 0 Å². The van der Waals surface area contributed by atoms with E-state index in [9.17, 15) is 14.7 Å². The second-order valence-corrected chi connectivity index (χ2v) is 6.40. The average Bonchev–Trinajstić information content (AvgIpc) is 3.30. The van der Waals surface area contributed by atoms with Crippen LogP contribution in [0.1, 0.15) is 6.42 Å². The van der Waals surface area contributed by atoms with E-state index in [2.05, 4.69) is 9.97 Å². The predicted molar refractivity (Wildman–Crippen MR) is 91.2 cm³/mol. The molecule has 1 N–H and O–H groups in total. The number of fused-ring (bicyclic) bond motifs is 2. The summed E-state index contributed by atoms with van der Waals surface area (Å²) in [5.74, 6) is 0.0518. The van der Waals surface area contributed by atoms with Crippen molar-refractivity contribution in [2.24, 2.45) is 0 Å². The summed E-state index contributed by atoms with van der Waals surface area (Å²) in [6, 6.07) is 9.43. The highest BCUT2D eigenvalue weighted by molar-refractivity contribution is 6.22. The molecule has 1 aromatic carbocycles. The van der Waals surface area contributed by atoms with Gasteiger partial charge in [0, 0.05) is 25.2 Å². The van der Waals surface area contributed by atoms with Gasteiger partial charge in [-0.1, -0.05) is 6.07 Å². The van der Waals surface area contributed by atoms with Crippen LogP contribution in [-0.2, 0) is 4.79 Å². The van der Waals surface area contributed by atoms with Crippen molar-refractivity contribution >= 4 is 28.7 Å². The molecule has 8 heteroatoms. The SMILES string of the molecule is O=C1[C@@H]2C[C@@H](O)CN2C(=O)N1c1ccc2nc(-c3ccccn3)oc2c1. The number of carbonyl (C=O) groups excluding carboxylic acids is 2. The fourth-order valence-corrected chi connectivity index (χ4v) is 3.52. The van der Waals surface area contributed by atoms with Gasteiger partial charge in [0.1, 0.15) is 17.3 Å². The number of anilines is 1. The number of hydrogen-bond acceptors (Lipinski definition) is 6. The number of aromatic nitrogens is 2. The third-order valence-corrected chi connectivity index (χ3v) is 4.74. The van der Waals surface area contributed by atoms with Crippen molar-refractivity contribution in [1.29, 1.82) is 0 Å². The topological polar surface area (TPSA) is 99.8 Å². The Bertz CT molecular complexity index is 1010. The molecule has 3 amide bonds. The van der Waals surface area contributed by atoms with Crippen LogP contribution < -0.4 is 4.90 Å². The number of aliphatic hydroxyl groups excluding tert-OH is 1. The Kier molecular flexibility index (Phi) is 3.10. The molecule has 4 heterocycles. The van der Waals surface area contributed by atoms with Gasteiger partial charge in [0.05, 0.1) is 11.8 Å². The number of benzene rings is 1. The van der Waals surface area contributed by atoms with Crippen molar-refractivity contribution < 1.29 is 19.1 Å². The van der Waals surface area contributed by atoms with Gasteiger partial charge in [0.2, 0.25) is 5.89 Å². The van der Waals surface area contributed by atoms with Crippen LogP contribution in [-0.4, -0.2) is 50.6 Å². The minimum Gasteiger partial charge on any atom is -0.435 e. The van der Waals surface area contributed by atoms with Gasteiger partial charge >= 0.3 is 6.03 Å². The van der Waals surface area contributed by atoms with E-state index in [1.807, 2.05) is 6.07 Å². The fraction of sp³-hybridized carbons (Fsp3) is 0.222. The highest BCUT2D eigenvalue weighted by Crippen LogP contribution is 2.33. The quantitative estimate of drug-likeness (QED) is 0.708. The molecule has 0 unspecified atom stereocenters. The lowest BCUT2D eigenvalue weighted by atomic mass is 10.2. The minimum absolute atomic E-state index is 0.181. The number of urea groups is 1. The van der Waals surface area contributed by atoms with Crippen LogP contribution in [0.5, 0.6) is 0 Å². The van der Waals surface area contributed by atoms with E-state index in [0.717, 1.165) is 4.90 Å². The van der Waals surface area contributed by atoms with Crippen molar-refractivity contribution in [1.82, 2.24) is 14.9 Å². The Labute approximate surface area is 147 Å². The molecule has 2 atom stereocenters. The zero-order valence-electron chi connectivity index (χ0n) is 13.6. The summed E-state index contributed by atoms with van der Waals surface area (Å²) >= 11 is 0. The van der Waals surface area contributed by atoms with Crippen LogP contribution in [0.15, 0.2) is 47.0 Å². The number of amides is 3. The van der Waals surface area contributed by atoms with Crippen LogP contribution in [0, 0.1) is 0 Å². The highest BCUT2D eigenvalue weighted by Gasteiger charge is 2.50. The largest absolute Gasteiger partial charge is 0.435 e. The number of nitrogens with zero attached hydrogens (tertiary/aromatic N) is 4. The number of aliphatic hydroxyl groups is 1. The minimum atomic E-state index is -0.646. The average molecular weight is 350 g/mol. The summed E-state index contributed by atoms with van der Waals surface area (Å²) in [4.78, 5) is 36.3. The number of oxazole rings is 1. The standard InChI is InChI=1S/C18H14N4O4/c23-11-8-14-17(24)22(18(25)21(14)9-11)10-4-5-12-15(7-10)26-16(20-12)13-3-1-2-6-19-13/h1-7,11,14,23H,8-9H2/t11-,14+/m1/s1. The van der Waals surface area contributed by atoms with E-state index >= 15 is 0 Å². The summed E-state index contributed by atoms with van der Waals surface area (Å²) < 4.78 is 5.76. The van der Waals surface area contributed by atoms with Gasteiger partial charge in [-0.05, 0) is 24.3 Å². The third kappa shape index (κ3) is 2.12. The first-order chi connectivity index (χ1) is 12.6. The molecule has 0 bridgehead atoms. The van der Waals surface area contributed by atoms with Gasteiger partial charge < -0.3 is 14.4 Å². The van der Waals surface area contributed by atoms with Crippen molar-refractivity contribution in [3.8, 4) is 11.6 Å². The van der Waals surface area contributed by atoms with E-state index < -0.39 is 18.2 Å². The van der Waals surface area contributed by atoms with Gasteiger partial charge in [-0.3, -0.25) is 9.78 Å². The molecule has 0 radical (unpaired) electrons. The van der Waals surface area contributed by atoms with Crippen molar-refractivity contribution in [2.45, 2.75) is 18.6 Å². The fourth-order valence-electron chi connectivity index (χ4n) is 3.52. The van der Waals surface area contributed by atoms with Gasteiger partial charge in [-0.15, -0.1) is 0 Å². The van der Waals surface area contributed by atoms with Gasteiger partial charge in [0.15, 0.2) is 5.58 Å². The molecular formula is C18H14N4O4. The third-order valence-electron chi connectivity index (χ3n) is 4.74. The van der Waals surface area contributed by atoms with E-state index in [-0.39, 0.29) is 18.9 Å². The van der Waals surface area contributed by atoms with E-state index in [1.165, 1.54) is 4.90 Å². The molecule has 2 aliphatic rings. The van der Waals surface area contributed by atoms with Crippen LogP contribution in [0.2, 0.25) is 0 Å². The number of imide groups is 1. The number of rotatable bonds is 2. The zero-order valence-corrected chi connectivity index (χ0v) is 13.6. The Balaban J connectivity index is 1.52. The Morgan fingerprint density at radius 1 is 1.19 bits per heavy atom. The molecule has 0 saturated carbocycles. The van der Waals surface area contributed by atoms with Crippen molar-refractivity contribution in [2.75, 3.05) is 11.4 Å². The molecule has 0 spiro atoms. The number of carbonyl (C=O) groups is 2. The maximum atomic E-state index is 12.6. The molecule has 26 heavy (non-hydrogen) atoms. The Morgan fingerprint density at radius 2 is 2.08 bits per heavy atom. The van der Waals surface area contributed by atoms with Crippen LogP contribution in [0.4, 0.5) is 10.5 Å². The first-order valence-corrected chi connectivity index (χ1v) is 8.26. The number of hydrogen-bond donors (Lipinski definition) is 1. The predicted octanol–water partition coefficient (Wildman–Crippen LogP) is 1.79. The molecule has 3 aromatic rings. The van der Waals surface area contributed by atoms with Crippen LogP contribution >= 0.6 is 0 Å². The van der Waals surface area contributed by atoms with E-state index in [0.29, 0.717) is 28.4 Å². The van der Waals surface area contributed by atoms with Gasteiger partial charge in [-0.25, -0.2) is 14.7 Å². The molecule has 2 aliphatic heterocycles. The maximum Gasteiger partial charge on any atom is 0.332 e. The Hall–Kier alpha value is -3.26. The lowest BCUT2D eigenvalue weighted by Gasteiger charge is -2.16. The number of pyridine rings is 1. The van der Waals surface area contributed by atoms with Crippen molar-refractivity contribution in [3.05, 3.63) is 42.6 Å². The molecule has 2 fully saturated rings. The molecule has 130 valence electrons. The monoisotopic (exact) mass is 350 g/mol. The zero-order chi connectivity index (χ0) is 17.8. The van der Waals surface area contributed by atoms with Gasteiger partial charge in [-0.2, -0.15) is 0 Å². The highest BCUT2D eigenvalue weighted by atomic mass is 16.3. The second-order valence-electron chi connectivity index (χ2n) is 6.40. The molecule has 8 nitrogen and oxygen atoms in total. The summed E-state index contributed by atoms with van der Waals surface area (Å²) in [7, 11) is 0. The molecule has 2 saturated heterocycles. The second kappa shape index (κ2) is 5.37. The Morgan fingerprint density at radius 3 is 2.85 bits per heavy atom. The molecular weight excluding hydrogens is 336 g/mol. The van der Waals surface area contributed by atoms with E-state index in [4.69, 9.17) is 4.42 Å². The lowest BCUT2D eigenvalue weighted by molar-refractivity contribution is -0.119. The maximum absolute atomic E-state index is 12.6. The molecule has 0 aliphatic carbocycles. The van der Waals surface area contributed by atoms with Gasteiger partial charge in [0.25, 0.3) is 5.91 Å². The summed E-state index contributed by atoms with van der Waals surface area (Å²) in [6.07, 6.45) is 1.28. The molecule has 5 rings (SSSR count). The molecule has 2 aromatic heterocycles.